The van der Waals surface area contributed by atoms with Gasteiger partial charge in [-0.3, -0.25) is 4.79 Å². The molecule has 0 spiro atoms. The Labute approximate surface area is 197 Å². The maximum absolute atomic E-state index is 12.8. The highest BCUT2D eigenvalue weighted by Gasteiger charge is 2.34. The molecule has 3 heterocycles. The summed E-state index contributed by atoms with van der Waals surface area (Å²) in [5.74, 6) is 0.626. The van der Waals surface area contributed by atoms with Crippen molar-refractivity contribution in [1.82, 2.24) is 24.2 Å². The summed E-state index contributed by atoms with van der Waals surface area (Å²) in [5, 5.41) is 8.32. The fourth-order valence-electron chi connectivity index (χ4n) is 3.91. The van der Waals surface area contributed by atoms with Gasteiger partial charge in [0, 0.05) is 31.7 Å². The Kier molecular flexibility index (Phi) is 6.31. The Hall–Kier alpha value is -3.28. The van der Waals surface area contributed by atoms with Crippen LogP contribution in [0, 0.1) is 0 Å². The summed E-state index contributed by atoms with van der Waals surface area (Å²) in [5.41, 5.74) is 1.17. The first-order chi connectivity index (χ1) is 16.5. The molecule has 5 rings (SSSR count). The van der Waals surface area contributed by atoms with Crippen LogP contribution < -0.4 is 4.74 Å². The minimum Gasteiger partial charge on any atom is -0.487 e. The van der Waals surface area contributed by atoms with Crippen molar-refractivity contribution in [2.45, 2.75) is 17.5 Å². The molecular weight excluding hydrogens is 458 g/mol. The highest BCUT2D eigenvalue weighted by Crippen LogP contribution is 2.24. The molecular formula is C23H25N5O5S. The molecule has 34 heavy (non-hydrogen) atoms. The van der Waals surface area contributed by atoms with Crippen molar-refractivity contribution < 1.29 is 22.7 Å². The third-order valence-electron chi connectivity index (χ3n) is 5.92. The molecule has 2 saturated heterocycles. The highest BCUT2D eigenvalue weighted by molar-refractivity contribution is 7.89. The van der Waals surface area contributed by atoms with E-state index in [2.05, 4.69) is 10.3 Å². The zero-order valence-corrected chi connectivity index (χ0v) is 19.3. The molecule has 0 atom stereocenters. The molecule has 0 aliphatic carbocycles. The van der Waals surface area contributed by atoms with E-state index in [0.717, 1.165) is 5.75 Å². The number of ether oxygens (including phenoxy) is 2. The van der Waals surface area contributed by atoms with Crippen LogP contribution in [0.2, 0.25) is 0 Å². The summed E-state index contributed by atoms with van der Waals surface area (Å²) in [6.45, 7) is 2.78. The first-order valence-electron chi connectivity index (χ1n) is 11.1. The van der Waals surface area contributed by atoms with E-state index in [1.807, 2.05) is 36.5 Å². The molecule has 2 fully saturated rings. The van der Waals surface area contributed by atoms with Crippen LogP contribution in [0.1, 0.15) is 22.1 Å². The Balaban J connectivity index is 1.15. The van der Waals surface area contributed by atoms with Gasteiger partial charge in [-0.1, -0.05) is 23.4 Å². The molecule has 178 valence electrons. The van der Waals surface area contributed by atoms with E-state index in [0.29, 0.717) is 57.3 Å². The van der Waals surface area contributed by atoms with E-state index in [9.17, 15) is 13.2 Å². The molecule has 2 aliphatic rings. The number of rotatable bonds is 7. The van der Waals surface area contributed by atoms with E-state index >= 15 is 0 Å². The van der Waals surface area contributed by atoms with Gasteiger partial charge in [0.15, 0.2) is 0 Å². The van der Waals surface area contributed by atoms with E-state index < -0.39 is 10.0 Å². The highest BCUT2D eigenvalue weighted by atomic mass is 32.2. The number of carbonyl (C=O) groups excluding carboxylic acids is 1. The van der Waals surface area contributed by atoms with Gasteiger partial charge in [-0.05, 0) is 36.4 Å². The van der Waals surface area contributed by atoms with E-state index in [1.165, 1.54) is 16.4 Å². The lowest BCUT2D eigenvalue weighted by Crippen LogP contribution is -2.50. The maximum Gasteiger partial charge on any atom is 0.254 e. The third kappa shape index (κ3) is 4.67. The van der Waals surface area contributed by atoms with Crippen LogP contribution in [0.5, 0.6) is 5.75 Å². The molecule has 1 amide bonds. The smallest absolute Gasteiger partial charge is 0.254 e. The first kappa shape index (κ1) is 22.5. The van der Waals surface area contributed by atoms with Gasteiger partial charge in [0.2, 0.25) is 10.0 Å². The Morgan fingerprint density at radius 2 is 1.74 bits per heavy atom. The van der Waals surface area contributed by atoms with Crippen LogP contribution in [-0.4, -0.2) is 77.9 Å². The van der Waals surface area contributed by atoms with Crippen molar-refractivity contribution >= 4 is 15.9 Å². The number of hydrogen-bond acceptors (Lipinski definition) is 7. The molecule has 0 unspecified atom stereocenters. The second-order valence-corrected chi connectivity index (χ2v) is 10.1. The minimum atomic E-state index is -3.58. The fourth-order valence-corrected chi connectivity index (χ4v) is 5.32. The molecule has 0 bridgehead atoms. The topological polar surface area (TPSA) is 107 Å². The molecule has 0 N–H and O–H groups in total. The number of hydrogen-bond donors (Lipinski definition) is 0. The predicted octanol–water partition coefficient (Wildman–Crippen LogP) is 1.58. The average molecular weight is 484 g/mol. The molecule has 0 saturated carbocycles. The van der Waals surface area contributed by atoms with Crippen molar-refractivity contribution in [3.8, 4) is 5.75 Å². The molecule has 1 aromatic heterocycles. The van der Waals surface area contributed by atoms with Crippen LogP contribution in [0.3, 0.4) is 0 Å². The summed E-state index contributed by atoms with van der Waals surface area (Å²) in [6, 6.07) is 15.7. The standard InChI is InChI=1S/C23H25N5O5S/c29-23(18-6-8-22(9-7-18)34(30,31)27-10-12-32-13-11-27)26-15-20(16-26)28-14-19(24-25-28)17-33-21-4-2-1-3-5-21/h1-9,14,20H,10-13,15-17H2. The minimum absolute atomic E-state index is 0.0443. The normalized spacial score (nSPS) is 17.4. The molecule has 2 aromatic carbocycles. The second-order valence-electron chi connectivity index (χ2n) is 8.20. The molecule has 2 aliphatic heterocycles. The zero-order valence-electron chi connectivity index (χ0n) is 18.5. The SMILES string of the molecule is O=C(c1ccc(S(=O)(=O)N2CCOCC2)cc1)N1CC(n2cc(COc3ccccc3)nn2)C1. The number of nitrogens with zero attached hydrogens (tertiary/aromatic N) is 5. The Bertz CT molecular complexity index is 1230. The third-order valence-corrected chi connectivity index (χ3v) is 7.83. The Morgan fingerprint density at radius 3 is 2.44 bits per heavy atom. The van der Waals surface area contributed by atoms with Crippen molar-refractivity contribution in [3.05, 3.63) is 72.1 Å². The number of para-hydroxylation sites is 1. The number of carbonyl (C=O) groups is 1. The van der Waals surface area contributed by atoms with Gasteiger partial charge in [0.05, 0.1) is 30.3 Å². The quantitative estimate of drug-likeness (QED) is 0.502. The average Bonchev–Trinajstić information content (AvgIpc) is 3.31. The van der Waals surface area contributed by atoms with Gasteiger partial charge < -0.3 is 14.4 Å². The van der Waals surface area contributed by atoms with Crippen LogP contribution in [0.25, 0.3) is 0 Å². The second kappa shape index (κ2) is 9.53. The van der Waals surface area contributed by atoms with Crippen LogP contribution >= 0.6 is 0 Å². The van der Waals surface area contributed by atoms with Crippen molar-refractivity contribution in [3.63, 3.8) is 0 Å². The largest absolute Gasteiger partial charge is 0.487 e. The van der Waals surface area contributed by atoms with Crippen molar-refractivity contribution in [2.24, 2.45) is 0 Å². The number of sulfonamides is 1. The molecule has 11 heteroatoms. The number of amides is 1. The monoisotopic (exact) mass is 483 g/mol. The lowest BCUT2D eigenvalue weighted by molar-refractivity contribution is 0.0498. The summed E-state index contributed by atoms with van der Waals surface area (Å²) >= 11 is 0. The summed E-state index contributed by atoms with van der Waals surface area (Å²) in [6.07, 6.45) is 1.83. The van der Waals surface area contributed by atoms with Gasteiger partial charge in [0.1, 0.15) is 18.1 Å². The number of likely N-dealkylation sites (tertiary alicyclic amines) is 1. The lowest BCUT2D eigenvalue weighted by atomic mass is 10.1. The van der Waals surface area contributed by atoms with Gasteiger partial charge in [-0.25, -0.2) is 13.1 Å². The molecule has 10 nitrogen and oxygen atoms in total. The Morgan fingerprint density at radius 1 is 1.03 bits per heavy atom. The van der Waals surface area contributed by atoms with E-state index in [-0.39, 0.29) is 16.8 Å². The lowest BCUT2D eigenvalue weighted by Gasteiger charge is -2.38. The van der Waals surface area contributed by atoms with Crippen LogP contribution in [0.15, 0.2) is 65.7 Å². The molecule has 3 aromatic rings. The fraction of sp³-hybridized carbons (Fsp3) is 0.348. The zero-order chi connectivity index (χ0) is 23.5. The van der Waals surface area contributed by atoms with Gasteiger partial charge >= 0.3 is 0 Å². The summed E-state index contributed by atoms with van der Waals surface area (Å²) in [4.78, 5) is 14.7. The number of benzene rings is 2. The summed E-state index contributed by atoms with van der Waals surface area (Å²) in [7, 11) is -3.58. The number of aromatic nitrogens is 3. The first-order valence-corrected chi connectivity index (χ1v) is 12.5. The van der Waals surface area contributed by atoms with Crippen LogP contribution in [-0.2, 0) is 21.4 Å². The van der Waals surface area contributed by atoms with Crippen molar-refractivity contribution in [1.29, 1.82) is 0 Å². The summed E-state index contributed by atoms with van der Waals surface area (Å²) < 4.78 is 39.6. The molecule has 0 radical (unpaired) electrons. The van der Waals surface area contributed by atoms with Gasteiger partial charge in [-0.15, -0.1) is 5.10 Å². The predicted molar refractivity (Wildman–Crippen MR) is 122 cm³/mol. The van der Waals surface area contributed by atoms with Gasteiger partial charge in [-0.2, -0.15) is 4.31 Å². The van der Waals surface area contributed by atoms with E-state index in [1.54, 1.807) is 21.7 Å². The number of morpholine rings is 1. The van der Waals surface area contributed by atoms with E-state index in [4.69, 9.17) is 9.47 Å². The maximum atomic E-state index is 12.8. The van der Waals surface area contributed by atoms with Gasteiger partial charge in [0.25, 0.3) is 5.91 Å². The van der Waals surface area contributed by atoms with Crippen LogP contribution in [0.4, 0.5) is 0 Å². The van der Waals surface area contributed by atoms with Crippen molar-refractivity contribution in [2.75, 3.05) is 39.4 Å².